The molecule has 132 valence electrons. The third-order valence-corrected chi connectivity index (χ3v) is 4.19. The van der Waals surface area contributed by atoms with Crippen LogP contribution in [0.4, 0.5) is 9.18 Å². The molecule has 2 atom stereocenters. The average Bonchev–Trinajstić information content (AvgIpc) is 3.09. The van der Waals surface area contributed by atoms with Crippen LogP contribution in [-0.4, -0.2) is 11.1 Å². The lowest BCUT2D eigenvalue weighted by Gasteiger charge is -2.17. The number of benzene rings is 2. The second-order valence-electron chi connectivity index (χ2n) is 6.07. The summed E-state index contributed by atoms with van der Waals surface area (Å²) in [7, 11) is 0. The Balaban J connectivity index is 1.64. The van der Waals surface area contributed by atoms with Gasteiger partial charge in [-0.15, -0.1) is 0 Å². The van der Waals surface area contributed by atoms with Crippen LogP contribution in [0.25, 0.3) is 0 Å². The molecule has 0 saturated carbocycles. The summed E-state index contributed by atoms with van der Waals surface area (Å²) in [6, 6.07) is 20.5. The highest BCUT2D eigenvalue weighted by molar-refractivity contribution is 5.71. The first-order valence-corrected chi connectivity index (χ1v) is 8.46. The van der Waals surface area contributed by atoms with Gasteiger partial charge in [-0.1, -0.05) is 42.3 Å². The number of cyclic esters (lactones) is 1. The summed E-state index contributed by atoms with van der Waals surface area (Å²) in [6.45, 7) is 0. The first-order valence-electron chi connectivity index (χ1n) is 8.46. The molecular weight excluding hydrogens is 343 g/mol. The fraction of sp³-hybridized carbons (Fsp3) is 0.0909. The predicted octanol–water partition coefficient (Wildman–Crippen LogP) is 4.14. The van der Waals surface area contributed by atoms with Crippen LogP contribution in [0.15, 0.2) is 72.8 Å². The summed E-state index contributed by atoms with van der Waals surface area (Å²) in [4.78, 5) is 16.3. The number of nitrogens with one attached hydrogen (secondary N) is 1. The largest absolute Gasteiger partial charge is 0.439 e. The molecule has 0 unspecified atom stereocenters. The number of ether oxygens (including phenoxy) is 1. The van der Waals surface area contributed by atoms with Gasteiger partial charge in [0.1, 0.15) is 17.6 Å². The summed E-state index contributed by atoms with van der Waals surface area (Å²) in [5.41, 5.74) is 2.64. The Kier molecular flexibility index (Phi) is 4.54. The van der Waals surface area contributed by atoms with Crippen molar-refractivity contribution in [3.8, 4) is 11.8 Å². The number of hydrogen-bond donors (Lipinski definition) is 1. The van der Waals surface area contributed by atoms with Crippen molar-refractivity contribution in [3.05, 3.63) is 101 Å². The third kappa shape index (κ3) is 3.80. The number of hydrogen-bond acceptors (Lipinski definition) is 3. The maximum atomic E-state index is 13.6. The zero-order chi connectivity index (χ0) is 18.6. The quantitative estimate of drug-likeness (QED) is 0.701. The van der Waals surface area contributed by atoms with Gasteiger partial charge in [-0.3, -0.25) is 0 Å². The van der Waals surface area contributed by atoms with Crippen LogP contribution >= 0.6 is 0 Å². The van der Waals surface area contributed by atoms with Crippen molar-refractivity contribution in [1.29, 1.82) is 0 Å². The molecule has 1 saturated heterocycles. The number of alkyl carbamates (subject to hydrolysis) is 1. The maximum absolute atomic E-state index is 13.6. The topological polar surface area (TPSA) is 51.2 Å². The third-order valence-electron chi connectivity index (χ3n) is 4.19. The second-order valence-corrected chi connectivity index (χ2v) is 6.07. The maximum Gasteiger partial charge on any atom is 0.408 e. The molecule has 1 aromatic heterocycles. The standard InChI is InChI=1S/C22H15FN2O2/c23-17-9-4-8-16(14-17)21-20(25-22(26)27-21)19-11-5-10-18(24-19)13-12-15-6-2-1-3-7-15/h1-11,14,20-21H,(H,25,26)/t20-,21-/m1/s1. The molecule has 4 rings (SSSR count). The van der Waals surface area contributed by atoms with E-state index in [9.17, 15) is 9.18 Å². The van der Waals surface area contributed by atoms with Gasteiger partial charge in [0.05, 0.1) is 5.69 Å². The molecule has 0 bridgehead atoms. The molecule has 1 aliphatic heterocycles. The van der Waals surface area contributed by atoms with Gasteiger partial charge < -0.3 is 10.1 Å². The molecule has 5 heteroatoms. The van der Waals surface area contributed by atoms with E-state index in [0.717, 1.165) is 5.56 Å². The number of carbonyl (C=O) groups is 1. The van der Waals surface area contributed by atoms with Crippen molar-refractivity contribution < 1.29 is 13.9 Å². The predicted molar refractivity (Wildman–Crippen MR) is 98.2 cm³/mol. The lowest BCUT2D eigenvalue weighted by Crippen LogP contribution is -2.20. The summed E-state index contributed by atoms with van der Waals surface area (Å²) < 4.78 is 18.9. The Labute approximate surface area is 156 Å². The molecule has 27 heavy (non-hydrogen) atoms. The van der Waals surface area contributed by atoms with Crippen LogP contribution in [-0.2, 0) is 4.74 Å². The van der Waals surface area contributed by atoms with Gasteiger partial charge in [-0.2, -0.15) is 0 Å². The van der Waals surface area contributed by atoms with E-state index >= 15 is 0 Å². The Morgan fingerprint density at radius 1 is 0.963 bits per heavy atom. The van der Waals surface area contributed by atoms with Crippen LogP contribution in [0.5, 0.6) is 0 Å². The van der Waals surface area contributed by atoms with Crippen molar-refractivity contribution in [2.45, 2.75) is 12.1 Å². The first kappa shape index (κ1) is 16.8. The summed E-state index contributed by atoms with van der Waals surface area (Å²) in [5.74, 6) is 5.70. The summed E-state index contributed by atoms with van der Waals surface area (Å²) in [6.07, 6.45) is -1.21. The van der Waals surface area contributed by atoms with Gasteiger partial charge >= 0.3 is 6.09 Å². The normalized spacial score (nSPS) is 18.2. The number of carbonyl (C=O) groups excluding carboxylic acids is 1. The summed E-state index contributed by atoms with van der Waals surface area (Å²) in [5, 5.41) is 2.74. The highest BCUT2D eigenvalue weighted by Gasteiger charge is 2.37. The van der Waals surface area contributed by atoms with E-state index < -0.39 is 18.2 Å². The van der Waals surface area contributed by atoms with Gasteiger partial charge in [-0.05, 0) is 47.9 Å². The Morgan fingerprint density at radius 2 is 1.78 bits per heavy atom. The van der Waals surface area contributed by atoms with E-state index in [2.05, 4.69) is 22.1 Å². The Hall–Kier alpha value is -3.65. The monoisotopic (exact) mass is 358 g/mol. The summed E-state index contributed by atoms with van der Waals surface area (Å²) >= 11 is 0. The molecule has 1 amide bonds. The molecule has 3 aromatic rings. The number of amides is 1. The van der Waals surface area contributed by atoms with Crippen LogP contribution in [0.1, 0.15) is 34.7 Å². The van der Waals surface area contributed by atoms with Crippen molar-refractivity contribution >= 4 is 6.09 Å². The lowest BCUT2D eigenvalue weighted by molar-refractivity contribution is 0.131. The molecule has 4 nitrogen and oxygen atoms in total. The highest BCUT2D eigenvalue weighted by Crippen LogP contribution is 2.36. The van der Waals surface area contributed by atoms with Gasteiger partial charge in [-0.25, -0.2) is 14.2 Å². The van der Waals surface area contributed by atoms with Crippen LogP contribution in [0.2, 0.25) is 0 Å². The molecule has 0 radical (unpaired) electrons. The van der Waals surface area contributed by atoms with E-state index in [1.54, 1.807) is 24.3 Å². The van der Waals surface area contributed by atoms with Gasteiger partial charge in [0, 0.05) is 5.56 Å². The Morgan fingerprint density at radius 3 is 2.59 bits per heavy atom. The van der Waals surface area contributed by atoms with Crippen molar-refractivity contribution in [1.82, 2.24) is 10.3 Å². The minimum absolute atomic E-state index is 0.385. The molecule has 0 spiro atoms. The molecular formula is C22H15FN2O2. The minimum Gasteiger partial charge on any atom is -0.439 e. The minimum atomic E-state index is -0.655. The number of halogens is 1. The fourth-order valence-electron chi connectivity index (χ4n) is 2.95. The second kappa shape index (κ2) is 7.30. The molecule has 1 fully saturated rings. The molecule has 1 N–H and O–H groups in total. The van der Waals surface area contributed by atoms with Crippen LogP contribution in [0.3, 0.4) is 0 Å². The van der Waals surface area contributed by atoms with E-state index in [-0.39, 0.29) is 5.82 Å². The van der Waals surface area contributed by atoms with Gasteiger partial charge in [0.25, 0.3) is 0 Å². The number of nitrogens with zero attached hydrogens (tertiary/aromatic N) is 1. The smallest absolute Gasteiger partial charge is 0.408 e. The van der Waals surface area contributed by atoms with Crippen LogP contribution < -0.4 is 5.32 Å². The Bertz CT molecular complexity index is 1040. The highest BCUT2D eigenvalue weighted by atomic mass is 19.1. The van der Waals surface area contributed by atoms with Gasteiger partial charge in [0.15, 0.2) is 6.10 Å². The van der Waals surface area contributed by atoms with E-state index in [0.29, 0.717) is 17.0 Å². The van der Waals surface area contributed by atoms with E-state index in [1.807, 2.05) is 36.4 Å². The van der Waals surface area contributed by atoms with E-state index in [4.69, 9.17) is 4.74 Å². The van der Waals surface area contributed by atoms with Crippen molar-refractivity contribution in [2.24, 2.45) is 0 Å². The SMILES string of the molecule is O=C1N[C@H](c2cccc(C#Cc3ccccc3)n2)[C@@H](c2cccc(F)c2)O1. The lowest BCUT2D eigenvalue weighted by atomic mass is 9.99. The zero-order valence-electron chi connectivity index (χ0n) is 14.2. The van der Waals surface area contributed by atoms with Crippen LogP contribution in [0, 0.1) is 17.7 Å². The molecule has 2 heterocycles. The van der Waals surface area contributed by atoms with Crippen molar-refractivity contribution in [3.63, 3.8) is 0 Å². The van der Waals surface area contributed by atoms with Crippen molar-refractivity contribution in [2.75, 3.05) is 0 Å². The fourth-order valence-corrected chi connectivity index (χ4v) is 2.95. The van der Waals surface area contributed by atoms with E-state index in [1.165, 1.54) is 12.1 Å². The molecule has 0 aliphatic carbocycles. The molecule has 1 aliphatic rings. The first-order chi connectivity index (χ1) is 13.2. The number of rotatable bonds is 2. The van der Waals surface area contributed by atoms with Gasteiger partial charge in [0.2, 0.25) is 0 Å². The number of aromatic nitrogens is 1. The average molecular weight is 358 g/mol. The molecule has 2 aromatic carbocycles. The zero-order valence-corrected chi connectivity index (χ0v) is 14.2. The number of pyridine rings is 1.